The predicted octanol–water partition coefficient (Wildman–Crippen LogP) is 3.85. The summed E-state index contributed by atoms with van der Waals surface area (Å²) in [4.78, 5) is 15.7. The Morgan fingerprint density at radius 3 is 2.56 bits per heavy atom. The van der Waals surface area contributed by atoms with Crippen LogP contribution in [0.3, 0.4) is 0 Å². The van der Waals surface area contributed by atoms with Crippen LogP contribution in [0.4, 0.5) is 4.39 Å². The number of ketones is 1. The third-order valence-corrected chi connectivity index (χ3v) is 3.62. The van der Waals surface area contributed by atoms with E-state index in [0.717, 1.165) is 5.56 Å². The summed E-state index contributed by atoms with van der Waals surface area (Å²) in [5.41, 5.74) is 1.79. The van der Waals surface area contributed by atoms with Crippen molar-refractivity contribution in [2.24, 2.45) is 0 Å². The Bertz CT molecular complexity index is 571. The van der Waals surface area contributed by atoms with Crippen molar-refractivity contribution in [1.82, 2.24) is 4.98 Å². The quantitative estimate of drug-likeness (QED) is 0.637. The minimum Gasteiger partial charge on any atom is -0.293 e. The molecule has 0 aliphatic carbocycles. The van der Waals surface area contributed by atoms with E-state index in [1.54, 1.807) is 37.5 Å². The molecule has 0 saturated heterocycles. The van der Waals surface area contributed by atoms with Crippen molar-refractivity contribution in [1.29, 1.82) is 0 Å². The van der Waals surface area contributed by atoms with Gasteiger partial charge in [0.15, 0.2) is 5.78 Å². The maximum Gasteiger partial charge on any atom is 0.180 e. The average molecular weight is 308 g/mol. The summed E-state index contributed by atoms with van der Waals surface area (Å²) < 4.78 is 13.2. The number of aryl methyl sites for hydroxylation is 1. The summed E-state index contributed by atoms with van der Waals surface area (Å²) in [7, 11) is 0. The number of carbonyl (C=O) groups is 1. The third kappa shape index (κ3) is 2.64. The largest absolute Gasteiger partial charge is 0.293 e. The molecule has 0 spiro atoms. The van der Waals surface area contributed by atoms with Crippen LogP contribution in [0.5, 0.6) is 0 Å². The van der Waals surface area contributed by atoms with Crippen molar-refractivity contribution in [3.63, 3.8) is 0 Å². The normalized spacial score (nSPS) is 12.2. The van der Waals surface area contributed by atoms with Crippen LogP contribution in [0.25, 0.3) is 0 Å². The zero-order valence-electron chi connectivity index (χ0n) is 9.73. The molecule has 0 amide bonds. The van der Waals surface area contributed by atoms with E-state index in [1.165, 1.54) is 12.1 Å². The van der Waals surface area contributed by atoms with E-state index in [4.69, 9.17) is 0 Å². The van der Waals surface area contributed by atoms with E-state index < -0.39 is 4.83 Å². The molecule has 1 atom stereocenters. The number of carbonyl (C=O) groups excluding carboxylic acids is 1. The van der Waals surface area contributed by atoms with E-state index in [2.05, 4.69) is 20.9 Å². The predicted molar refractivity (Wildman–Crippen MR) is 71.4 cm³/mol. The van der Waals surface area contributed by atoms with Gasteiger partial charge < -0.3 is 0 Å². The van der Waals surface area contributed by atoms with Gasteiger partial charge in [0.25, 0.3) is 0 Å². The maximum atomic E-state index is 13.2. The standard InChI is InChI=1S/C14H11BrFNO/c1-9-8-11(2-3-12(9)16)14(18)13(15)10-4-6-17-7-5-10/h2-8,13H,1H3/t13-/m1/s1. The molecule has 0 saturated carbocycles. The van der Waals surface area contributed by atoms with Gasteiger partial charge in [0.2, 0.25) is 0 Å². The second-order valence-corrected chi connectivity index (χ2v) is 4.89. The van der Waals surface area contributed by atoms with Crippen LogP contribution < -0.4 is 0 Å². The second kappa shape index (κ2) is 5.40. The van der Waals surface area contributed by atoms with Gasteiger partial charge in [0.1, 0.15) is 10.6 Å². The lowest BCUT2D eigenvalue weighted by Crippen LogP contribution is -2.07. The average Bonchev–Trinajstić information content (AvgIpc) is 2.41. The third-order valence-electron chi connectivity index (χ3n) is 2.67. The zero-order valence-corrected chi connectivity index (χ0v) is 11.3. The maximum absolute atomic E-state index is 13.2. The molecule has 92 valence electrons. The summed E-state index contributed by atoms with van der Waals surface area (Å²) in [6, 6.07) is 7.92. The van der Waals surface area contributed by atoms with E-state index in [0.29, 0.717) is 11.1 Å². The summed E-state index contributed by atoms with van der Waals surface area (Å²) >= 11 is 3.36. The molecule has 0 unspecified atom stereocenters. The van der Waals surface area contributed by atoms with Gasteiger partial charge in [-0.2, -0.15) is 0 Å². The number of Topliss-reactive ketones (excluding diaryl/α,β-unsaturated/α-hetero) is 1. The monoisotopic (exact) mass is 307 g/mol. The van der Waals surface area contributed by atoms with Crippen molar-refractivity contribution in [3.8, 4) is 0 Å². The first-order valence-electron chi connectivity index (χ1n) is 5.44. The lowest BCUT2D eigenvalue weighted by atomic mass is 10.0. The molecule has 1 aromatic heterocycles. The molecule has 0 radical (unpaired) electrons. The van der Waals surface area contributed by atoms with E-state index in [9.17, 15) is 9.18 Å². The molecule has 2 rings (SSSR count). The Balaban J connectivity index is 2.29. The van der Waals surface area contributed by atoms with Crippen molar-refractivity contribution in [2.45, 2.75) is 11.8 Å². The van der Waals surface area contributed by atoms with Gasteiger partial charge in [-0.25, -0.2) is 4.39 Å². The van der Waals surface area contributed by atoms with Crippen LogP contribution in [0.15, 0.2) is 42.7 Å². The van der Waals surface area contributed by atoms with Crippen LogP contribution in [-0.2, 0) is 0 Å². The Morgan fingerprint density at radius 1 is 1.28 bits per heavy atom. The fourth-order valence-electron chi connectivity index (χ4n) is 1.63. The summed E-state index contributed by atoms with van der Waals surface area (Å²) in [6.07, 6.45) is 3.26. The Labute approximate surface area is 113 Å². The number of aromatic nitrogens is 1. The molecule has 0 N–H and O–H groups in total. The zero-order chi connectivity index (χ0) is 13.1. The Kier molecular flexibility index (Phi) is 3.87. The number of nitrogens with zero attached hydrogens (tertiary/aromatic N) is 1. The van der Waals surface area contributed by atoms with Gasteiger partial charge in [0.05, 0.1) is 0 Å². The Morgan fingerprint density at radius 2 is 1.94 bits per heavy atom. The molecule has 2 aromatic rings. The minimum absolute atomic E-state index is 0.0932. The summed E-state index contributed by atoms with van der Waals surface area (Å²) in [5, 5.41) is 0. The van der Waals surface area contributed by atoms with Gasteiger partial charge in [-0.3, -0.25) is 9.78 Å². The number of halogens is 2. The second-order valence-electron chi connectivity index (χ2n) is 3.97. The number of benzene rings is 1. The first-order valence-corrected chi connectivity index (χ1v) is 6.35. The highest BCUT2D eigenvalue weighted by Crippen LogP contribution is 2.27. The first kappa shape index (κ1) is 12.9. The SMILES string of the molecule is Cc1cc(C(=O)[C@H](Br)c2ccncc2)ccc1F. The van der Waals surface area contributed by atoms with E-state index in [-0.39, 0.29) is 11.6 Å². The highest BCUT2D eigenvalue weighted by Gasteiger charge is 2.19. The van der Waals surface area contributed by atoms with Crippen LogP contribution >= 0.6 is 15.9 Å². The van der Waals surface area contributed by atoms with Gasteiger partial charge in [-0.05, 0) is 48.4 Å². The van der Waals surface area contributed by atoms with Crippen LogP contribution in [0.2, 0.25) is 0 Å². The topological polar surface area (TPSA) is 30.0 Å². The number of hydrogen-bond acceptors (Lipinski definition) is 2. The van der Waals surface area contributed by atoms with Crippen molar-refractivity contribution in [3.05, 3.63) is 65.2 Å². The lowest BCUT2D eigenvalue weighted by molar-refractivity contribution is 0.0991. The number of rotatable bonds is 3. The Hall–Kier alpha value is -1.55. The van der Waals surface area contributed by atoms with Gasteiger partial charge >= 0.3 is 0 Å². The van der Waals surface area contributed by atoms with Crippen LogP contribution in [0, 0.1) is 12.7 Å². The van der Waals surface area contributed by atoms with E-state index >= 15 is 0 Å². The molecule has 0 aliphatic rings. The fourth-order valence-corrected chi connectivity index (χ4v) is 2.20. The summed E-state index contributed by atoms with van der Waals surface area (Å²) in [6.45, 7) is 1.64. The highest BCUT2D eigenvalue weighted by atomic mass is 79.9. The molecular formula is C14H11BrFNO. The summed E-state index contributed by atoms with van der Waals surface area (Å²) in [5.74, 6) is -0.397. The molecule has 0 fully saturated rings. The van der Waals surface area contributed by atoms with E-state index in [1.807, 2.05) is 0 Å². The number of hydrogen-bond donors (Lipinski definition) is 0. The highest BCUT2D eigenvalue weighted by molar-refractivity contribution is 9.09. The first-order chi connectivity index (χ1) is 8.59. The molecular weight excluding hydrogens is 297 g/mol. The lowest BCUT2D eigenvalue weighted by Gasteiger charge is -2.09. The molecule has 2 nitrogen and oxygen atoms in total. The van der Waals surface area contributed by atoms with Gasteiger partial charge in [0, 0.05) is 18.0 Å². The molecule has 18 heavy (non-hydrogen) atoms. The van der Waals surface area contributed by atoms with Gasteiger partial charge in [-0.15, -0.1) is 0 Å². The number of alkyl halides is 1. The molecule has 0 bridgehead atoms. The minimum atomic E-state index is -0.439. The number of pyridine rings is 1. The molecule has 4 heteroatoms. The smallest absolute Gasteiger partial charge is 0.180 e. The van der Waals surface area contributed by atoms with Crippen molar-refractivity contribution in [2.75, 3.05) is 0 Å². The molecule has 1 aromatic carbocycles. The van der Waals surface area contributed by atoms with Gasteiger partial charge in [-0.1, -0.05) is 15.9 Å². The van der Waals surface area contributed by atoms with Crippen molar-refractivity contribution < 1.29 is 9.18 Å². The fraction of sp³-hybridized carbons (Fsp3) is 0.143. The molecule has 0 aliphatic heterocycles. The van der Waals surface area contributed by atoms with Crippen LogP contribution in [-0.4, -0.2) is 10.8 Å². The van der Waals surface area contributed by atoms with Crippen LogP contribution in [0.1, 0.15) is 26.3 Å². The molecule has 1 heterocycles. The van der Waals surface area contributed by atoms with Crippen molar-refractivity contribution >= 4 is 21.7 Å².